The van der Waals surface area contributed by atoms with Crippen LogP contribution in [0.4, 0.5) is 0 Å². The van der Waals surface area contributed by atoms with Crippen molar-refractivity contribution in [1.29, 1.82) is 0 Å². The van der Waals surface area contributed by atoms with Crippen LogP contribution in [0, 0.1) is 5.41 Å². The summed E-state index contributed by atoms with van der Waals surface area (Å²) in [5.41, 5.74) is -0.234. The lowest BCUT2D eigenvalue weighted by Gasteiger charge is -2.26. The molecule has 0 amide bonds. The number of carbonyl (C=O) groups excluding carboxylic acids is 1. The van der Waals surface area contributed by atoms with Crippen molar-refractivity contribution in [2.45, 2.75) is 18.7 Å². The molecular formula is C14H22N2O4S. The van der Waals surface area contributed by atoms with E-state index in [1.807, 2.05) is 27.9 Å². The van der Waals surface area contributed by atoms with Crippen molar-refractivity contribution in [2.75, 3.05) is 27.2 Å². The van der Waals surface area contributed by atoms with Gasteiger partial charge >= 0.3 is 0 Å². The minimum atomic E-state index is -3.64. The average Bonchev–Trinajstić information content (AvgIpc) is 2.35. The zero-order valence-corrected chi connectivity index (χ0v) is 13.6. The van der Waals surface area contributed by atoms with Gasteiger partial charge in [-0.05, 0) is 17.7 Å². The van der Waals surface area contributed by atoms with Crippen molar-refractivity contribution in [3.8, 4) is 0 Å². The maximum atomic E-state index is 12.2. The second-order valence-corrected chi connectivity index (χ2v) is 7.95. The summed E-state index contributed by atoms with van der Waals surface area (Å²) >= 11 is 0. The fourth-order valence-corrected chi connectivity index (χ4v) is 3.41. The van der Waals surface area contributed by atoms with Gasteiger partial charge in [0.2, 0.25) is 10.0 Å². The maximum Gasteiger partial charge on any atom is 0.240 e. The number of carboxylic acids is 1. The van der Waals surface area contributed by atoms with Crippen LogP contribution in [0.5, 0.6) is 0 Å². The number of nitrogens with one attached hydrogen (secondary N) is 2. The molecule has 0 unspecified atom stereocenters. The first-order valence-corrected chi connectivity index (χ1v) is 8.12. The van der Waals surface area contributed by atoms with Crippen LogP contribution in [0.15, 0.2) is 29.2 Å². The zero-order valence-electron chi connectivity index (χ0n) is 12.8. The molecule has 0 aliphatic heterocycles. The standard InChI is InChI=1S/C14H22N2O4S/c1-14(2,10-16(3)4)9-15-21(19,20)12-7-5-11(6-8-12)13(17)18/h5-8,15H,9-10H2,1-4H3,(H,17,18). The smallest absolute Gasteiger partial charge is 0.240 e. The third kappa shape index (κ3) is 5.45. The molecule has 0 bridgehead atoms. The molecule has 118 valence electrons. The highest BCUT2D eigenvalue weighted by Crippen LogP contribution is 2.14. The molecule has 0 fully saturated rings. The fourth-order valence-electron chi connectivity index (χ4n) is 2.16. The summed E-state index contributed by atoms with van der Waals surface area (Å²) in [5.74, 6) is -1.33. The molecular weight excluding hydrogens is 292 g/mol. The Morgan fingerprint density at radius 3 is 2.19 bits per heavy atom. The number of sulfonamides is 1. The summed E-state index contributed by atoms with van der Waals surface area (Å²) in [4.78, 5) is 11.9. The summed E-state index contributed by atoms with van der Waals surface area (Å²) in [5, 5.41) is 10.6. The summed E-state index contributed by atoms with van der Waals surface area (Å²) in [6.07, 6.45) is 0. The largest absolute Gasteiger partial charge is 0.545 e. The number of benzene rings is 1. The van der Waals surface area contributed by atoms with Gasteiger partial charge in [-0.25, -0.2) is 13.1 Å². The molecule has 0 heterocycles. The van der Waals surface area contributed by atoms with Crippen molar-refractivity contribution < 1.29 is 23.2 Å². The highest BCUT2D eigenvalue weighted by Gasteiger charge is 2.25. The predicted octanol–water partition coefficient (Wildman–Crippen LogP) is -1.50. The van der Waals surface area contributed by atoms with Crippen LogP contribution in [-0.2, 0) is 10.0 Å². The van der Waals surface area contributed by atoms with E-state index in [9.17, 15) is 18.3 Å². The molecule has 0 aromatic heterocycles. The van der Waals surface area contributed by atoms with Crippen LogP contribution in [0.1, 0.15) is 24.2 Å². The van der Waals surface area contributed by atoms with Gasteiger partial charge in [0.25, 0.3) is 0 Å². The van der Waals surface area contributed by atoms with Crippen LogP contribution in [0.25, 0.3) is 0 Å². The lowest BCUT2D eigenvalue weighted by Crippen LogP contribution is -3.07. The number of hydrogen-bond donors (Lipinski definition) is 2. The number of quaternary nitrogens is 1. The van der Waals surface area contributed by atoms with Crippen molar-refractivity contribution in [3.05, 3.63) is 29.8 Å². The van der Waals surface area contributed by atoms with E-state index in [0.29, 0.717) is 6.54 Å². The van der Waals surface area contributed by atoms with Gasteiger partial charge in [-0.1, -0.05) is 26.0 Å². The minimum absolute atomic E-state index is 0.0421. The Balaban J connectivity index is 2.80. The van der Waals surface area contributed by atoms with E-state index in [4.69, 9.17) is 0 Å². The normalized spacial score (nSPS) is 12.6. The second kappa shape index (κ2) is 6.55. The highest BCUT2D eigenvalue weighted by atomic mass is 32.2. The van der Waals surface area contributed by atoms with E-state index in [1.165, 1.54) is 29.2 Å². The zero-order chi connectivity index (χ0) is 16.3. The first-order chi connectivity index (χ1) is 9.53. The molecule has 0 aliphatic rings. The van der Waals surface area contributed by atoms with E-state index >= 15 is 0 Å². The van der Waals surface area contributed by atoms with Crippen LogP contribution in [0.2, 0.25) is 0 Å². The number of hydrogen-bond acceptors (Lipinski definition) is 4. The quantitative estimate of drug-likeness (QED) is 0.641. The minimum Gasteiger partial charge on any atom is -0.545 e. The molecule has 0 aliphatic carbocycles. The lowest BCUT2D eigenvalue weighted by atomic mass is 9.93. The Morgan fingerprint density at radius 2 is 1.76 bits per heavy atom. The van der Waals surface area contributed by atoms with Gasteiger partial charge in [0.1, 0.15) is 0 Å². The van der Waals surface area contributed by atoms with Crippen LogP contribution < -0.4 is 14.7 Å². The third-order valence-corrected chi connectivity index (χ3v) is 4.39. The van der Waals surface area contributed by atoms with E-state index in [1.54, 1.807) is 0 Å². The van der Waals surface area contributed by atoms with Gasteiger partial charge in [-0.15, -0.1) is 0 Å². The lowest BCUT2D eigenvalue weighted by molar-refractivity contribution is -0.865. The van der Waals surface area contributed by atoms with Gasteiger partial charge in [-0.3, -0.25) is 0 Å². The summed E-state index contributed by atoms with van der Waals surface area (Å²) in [7, 11) is 0.373. The number of aromatic carboxylic acids is 1. The van der Waals surface area contributed by atoms with Crippen molar-refractivity contribution in [3.63, 3.8) is 0 Å². The van der Waals surface area contributed by atoms with Gasteiger partial charge < -0.3 is 14.8 Å². The van der Waals surface area contributed by atoms with E-state index in [0.717, 1.165) is 6.54 Å². The summed E-state index contributed by atoms with van der Waals surface area (Å²) < 4.78 is 26.9. The Bertz CT molecular complexity index is 592. The van der Waals surface area contributed by atoms with Crippen molar-refractivity contribution >= 4 is 16.0 Å². The van der Waals surface area contributed by atoms with Gasteiger partial charge in [0.05, 0.1) is 31.5 Å². The monoisotopic (exact) mass is 314 g/mol. The molecule has 0 radical (unpaired) electrons. The van der Waals surface area contributed by atoms with Gasteiger partial charge in [0, 0.05) is 12.0 Å². The Morgan fingerprint density at radius 1 is 1.24 bits per heavy atom. The Labute approximate surface area is 125 Å². The van der Waals surface area contributed by atoms with Crippen molar-refractivity contribution in [2.24, 2.45) is 5.41 Å². The third-order valence-electron chi connectivity index (χ3n) is 2.97. The first kappa shape index (κ1) is 17.6. The molecule has 1 aromatic rings. The highest BCUT2D eigenvalue weighted by molar-refractivity contribution is 7.89. The second-order valence-electron chi connectivity index (χ2n) is 6.18. The molecule has 1 aromatic carbocycles. The SMILES string of the molecule is C[NH+](C)CC(C)(C)CNS(=O)(=O)c1ccc(C(=O)[O-])cc1. The van der Waals surface area contributed by atoms with E-state index < -0.39 is 16.0 Å². The fraction of sp³-hybridized carbons (Fsp3) is 0.500. The predicted molar refractivity (Wildman–Crippen MR) is 77.4 cm³/mol. The molecule has 0 spiro atoms. The average molecular weight is 314 g/mol. The Kier molecular flexibility index (Phi) is 5.49. The molecule has 0 atom stereocenters. The first-order valence-electron chi connectivity index (χ1n) is 6.64. The van der Waals surface area contributed by atoms with Gasteiger partial charge in [0.15, 0.2) is 0 Å². The maximum absolute atomic E-state index is 12.2. The molecule has 1 rings (SSSR count). The van der Waals surface area contributed by atoms with E-state index in [-0.39, 0.29) is 15.9 Å². The molecule has 0 saturated heterocycles. The number of rotatable bonds is 7. The number of carboxylic acid groups (broad SMARTS) is 1. The van der Waals surface area contributed by atoms with Crippen LogP contribution in [0.3, 0.4) is 0 Å². The molecule has 0 saturated carbocycles. The number of carbonyl (C=O) groups is 1. The molecule has 21 heavy (non-hydrogen) atoms. The van der Waals surface area contributed by atoms with Gasteiger partial charge in [-0.2, -0.15) is 0 Å². The van der Waals surface area contributed by atoms with Crippen molar-refractivity contribution in [1.82, 2.24) is 4.72 Å². The molecule has 2 N–H and O–H groups in total. The summed E-state index contributed by atoms with van der Waals surface area (Å²) in [6, 6.07) is 4.97. The van der Waals surface area contributed by atoms with Crippen LogP contribution in [-0.4, -0.2) is 41.6 Å². The molecule has 6 nitrogen and oxygen atoms in total. The van der Waals surface area contributed by atoms with Crippen LogP contribution >= 0.6 is 0 Å². The topological polar surface area (TPSA) is 90.7 Å². The summed E-state index contributed by atoms with van der Waals surface area (Å²) in [6.45, 7) is 5.10. The van der Waals surface area contributed by atoms with E-state index in [2.05, 4.69) is 4.72 Å². The Hall–Kier alpha value is -1.44. The molecule has 7 heteroatoms.